The van der Waals surface area contributed by atoms with Crippen molar-refractivity contribution in [2.45, 2.75) is 64.0 Å². The van der Waals surface area contributed by atoms with Crippen LogP contribution in [0.2, 0.25) is 0 Å². The van der Waals surface area contributed by atoms with Crippen LogP contribution < -0.4 is 10.6 Å². The minimum atomic E-state index is -1.07. The molecule has 3 rings (SSSR count). The van der Waals surface area contributed by atoms with Gasteiger partial charge in [-0.25, -0.2) is 9.59 Å². The number of carboxylic acid groups (broad SMARTS) is 1. The summed E-state index contributed by atoms with van der Waals surface area (Å²) in [7, 11) is 0. The lowest BCUT2D eigenvalue weighted by molar-refractivity contribution is -0.142. The molecule has 1 aliphatic carbocycles. The van der Waals surface area contributed by atoms with Crippen LogP contribution in [-0.2, 0) is 14.3 Å². The van der Waals surface area contributed by atoms with Crippen molar-refractivity contribution in [1.29, 1.82) is 0 Å². The maximum atomic E-state index is 12.6. The minimum Gasteiger partial charge on any atom is -0.480 e. The number of carbonyl (C=O) groups excluding carboxylic acids is 2. The zero-order valence-electron chi connectivity index (χ0n) is 19.2. The van der Waals surface area contributed by atoms with Gasteiger partial charge in [-0.3, -0.25) is 4.79 Å². The van der Waals surface area contributed by atoms with E-state index in [-0.39, 0.29) is 18.9 Å². The zero-order chi connectivity index (χ0) is 23.8. The van der Waals surface area contributed by atoms with E-state index in [1.807, 2.05) is 31.2 Å². The average Bonchev–Trinajstić information content (AvgIpc) is 3.13. The molecule has 2 aromatic carbocycles. The van der Waals surface area contributed by atoms with Gasteiger partial charge in [0.2, 0.25) is 5.91 Å². The lowest BCUT2D eigenvalue weighted by Crippen LogP contribution is -2.44. The number of unbranched alkanes of at least 4 members (excludes halogenated alkanes) is 1. The molecule has 0 saturated carbocycles. The highest BCUT2D eigenvalue weighted by atomic mass is 16.5. The van der Waals surface area contributed by atoms with E-state index in [1.54, 1.807) is 6.92 Å². The quantitative estimate of drug-likeness (QED) is 0.467. The monoisotopic (exact) mass is 452 g/mol. The molecule has 0 radical (unpaired) electrons. The highest BCUT2D eigenvalue weighted by Gasteiger charge is 2.29. The van der Waals surface area contributed by atoms with Crippen molar-refractivity contribution in [3.63, 3.8) is 0 Å². The fourth-order valence-corrected chi connectivity index (χ4v) is 4.30. The molecule has 0 spiro atoms. The fourth-order valence-electron chi connectivity index (χ4n) is 4.30. The number of amides is 2. The number of benzene rings is 2. The molecule has 176 valence electrons. The van der Waals surface area contributed by atoms with Crippen molar-refractivity contribution in [2.75, 3.05) is 6.61 Å². The standard InChI is InChI=1S/C26H32N2O5/c1-3-5-10-17(15-24(29)28-23(4-2)25(30)31)27-26(32)33-16-22-20-13-8-6-11-18(20)19-12-7-9-14-21(19)22/h6-9,11-14,17,22-23H,3-5,10,15-16H2,1-2H3,(H,27,32)(H,28,29)(H,30,31)/t17-,23-/m0/s1. The zero-order valence-corrected chi connectivity index (χ0v) is 19.2. The topological polar surface area (TPSA) is 105 Å². The van der Waals surface area contributed by atoms with Gasteiger partial charge in [0, 0.05) is 18.4 Å². The smallest absolute Gasteiger partial charge is 0.407 e. The predicted molar refractivity (Wildman–Crippen MR) is 126 cm³/mol. The van der Waals surface area contributed by atoms with Gasteiger partial charge in [0.25, 0.3) is 0 Å². The van der Waals surface area contributed by atoms with Gasteiger partial charge < -0.3 is 20.5 Å². The first-order valence-corrected chi connectivity index (χ1v) is 11.6. The Morgan fingerprint density at radius 3 is 2.12 bits per heavy atom. The molecule has 0 bridgehead atoms. The van der Waals surface area contributed by atoms with Crippen LogP contribution in [0.25, 0.3) is 11.1 Å². The number of aliphatic carboxylic acids is 1. The molecule has 0 saturated heterocycles. The van der Waals surface area contributed by atoms with E-state index in [0.717, 1.165) is 35.1 Å². The largest absolute Gasteiger partial charge is 0.480 e. The second-order valence-electron chi connectivity index (χ2n) is 8.38. The van der Waals surface area contributed by atoms with Crippen molar-refractivity contribution in [3.8, 4) is 11.1 Å². The fraction of sp³-hybridized carbons (Fsp3) is 0.423. The molecule has 33 heavy (non-hydrogen) atoms. The number of rotatable bonds is 11. The first-order chi connectivity index (χ1) is 15.9. The summed E-state index contributed by atoms with van der Waals surface area (Å²) >= 11 is 0. The maximum absolute atomic E-state index is 12.6. The van der Waals surface area contributed by atoms with Gasteiger partial charge in [0.15, 0.2) is 0 Å². The Labute approximate surface area is 194 Å². The van der Waals surface area contributed by atoms with E-state index in [1.165, 1.54) is 0 Å². The van der Waals surface area contributed by atoms with Crippen molar-refractivity contribution in [2.24, 2.45) is 0 Å². The molecule has 0 fully saturated rings. The number of ether oxygens (including phenoxy) is 1. The number of carbonyl (C=O) groups is 3. The summed E-state index contributed by atoms with van der Waals surface area (Å²) in [6, 6.07) is 14.9. The second-order valence-corrected chi connectivity index (χ2v) is 8.38. The van der Waals surface area contributed by atoms with Crippen LogP contribution in [0.1, 0.15) is 63.0 Å². The number of hydrogen-bond acceptors (Lipinski definition) is 4. The van der Waals surface area contributed by atoms with E-state index >= 15 is 0 Å². The maximum Gasteiger partial charge on any atom is 0.407 e. The number of fused-ring (bicyclic) bond motifs is 3. The minimum absolute atomic E-state index is 0.00791. The van der Waals surface area contributed by atoms with Gasteiger partial charge in [0.1, 0.15) is 12.6 Å². The SMILES string of the molecule is CCCC[C@@H](CC(=O)N[C@@H](CC)C(=O)O)NC(=O)OCC1c2ccccc2-c2ccccc21. The molecule has 0 aliphatic heterocycles. The Hall–Kier alpha value is -3.35. The second kappa shape index (κ2) is 11.5. The Balaban J connectivity index is 1.60. The molecule has 7 heteroatoms. The Kier molecular flexibility index (Phi) is 8.46. The van der Waals surface area contributed by atoms with Crippen LogP contribution >= 0.6 is 0 Å². The van der Waals surface area contributed by atoms with E-state index in [2.05, 4.69) is 34.9 Å². The van der Waals surface area contributed by atoms with Gasteiger partial charge in [0.05, 0.1) is 0 Å². The lowest BCUT2D eigenvalue weighted by atomic mass is 9.98. The third-order valence-corrected chi connectivity index (χ3v) is 6.05. The van der Waals surface area contributed by atoms with E-state index in [0.29, 0.717) is 12.8 Å². The van der Waals surface area contributed by atoms with E-state index in [4.69, 9.17) is 9.84 Å². The normalized spacial score (nSPS) is 14.0. The van der Waals surface area contributed by atoms with Crippen molar-refractivity contribution in [3.05, 3.63) is 59.7 Å². The van der Waals surface area contributed by atoms with Gasteiger partial charge in [-0.05, 0) is 35.1 Å². The molecule has 3 N–H and O–H groups in total. The Morgan fingerprint density at radius 1 is 0.970 bits per heavy atom. The summed E-state index contributed by atoms with van der Waals surface area (Å²) in [6.07, 6.45) is 2.08. The summed E-state index contributed by atoms with van der Waals surface area (Å²) in [6.45, 7) is 3.92. The van der Waals surface area contributed by atoms with Crippen molar-refractivity contribution >= 4 is 18.0 Å². The molecule has 1 aliphatic rings. The van der Waals surface area contributed by atoms with Crippen LogP contribution in [-0.4, -0.2) is 41.8 Å². The molecule has 0 heterocycles. The lowest BCUT2D eigenvalue weighted by Gasteiger charge is -2.21. The Bertz CT molecular complexity index is 945. The first-order valence-electron chi connectivity index (χ1n) is 11.6. The van der Waals surface area contributed by atoms with Gasteiger partial charge in [-0.1, -0.05) is 75.2 Å². The van der Waals surface area contributed by atoms with Crippen LogP contribution in [0.3, 0.4) is 0 Å². The van der Waals surface area contributed by atoms with Crippen LogP contribution in [0.4, 0.5) is 4.79 Å². The molecule has 2 amide bonds. The first kappa shape index (κ1) is 24.3. The predicted octanol–water partition coefficient (Wildman–Crippen LogP) is 4.45. The summed E-state index contributed by atoms with van der Waals surface area (Å²) in [5, 5.41) is 14.5. The van der Waals surface area contributed by atoms with Crippen molar-refractivity contribution in [1.82, 2.24) is 10.6 Å². The molecule has 0 unspecified atom stereocenters. The van der Waals surface area contributed by atoms with E-state index < -0.39 is 30.1 Å². The van der Waals surface area contributed by atoms with E-state index in [9.17, 15) is 14.4 Å². The number of alkyl carbamates (subject to hydrolysis) is 1. The van der Waals surface area contributed by atoms with Crippen LogP contribution in [0.15, 0.2) is 48.5 Å². The molecule has 2 aromatic rings. The molecule has 0 aromatic heterocycles. The summed E-state index contributed by atoms with van der Waals surface area (Å²) in [5.41, 5.74) is 4.58. The average molecular weight is 453 g/mol. The summed E-state index contributed by atoms with van der Waals surface area (Å²) < 4.78 is 5.60. The summed E-state index contributed by atoms with van der Waals surface area (Å²) in [5.74, 6) is -1.51. The molecular formula is C26H32N2O5. The number of hydrogen-bond donors (Lipinski definition) is 3. The third kappa shape index (κ3) is 6.12. The van der Waals surface area contributed by atoms with Crippen LogP contribution in [0.5, 0.6) is 0 Å². The molecular weight excluding hydrogens is 420 g/mol. The Morgan fingerprint density at radius 2 is 1.58 bits per heavy atom. The van der Waals surface area contributed by atoms with Gasteiger partial charge >= 0.3 is 12.1 Å². The van der Waals surface area contributed by atoms with Crippen LogP contribution in [0, 0.1) is 0 Å². The number of carboxylic acids is 1. The highest BCUT2D eigenvalue weighted by molar-refractivity contribution is 5.84. The molecule has 2 atom stereocenters. The van der Waals surface area contributed by atoms with Crippen molar-refractivity contribution < 1.29 is 24.2 Å². The molecule has 7 nitrogen and oxygen atoms in total. The van der Waals surface area contributed by atoms with Gasteiger partial charge in [-0.2, -0.15) is 0 Å². The van der Waals surface area contributed by atoms with Gasteiger partial charge in [-0.15, -0.1) is 0 Å². The highest BCUT2D eigenvalue weighted by Crippen LogP contribution is 2.44. The summed E-state index contributed by atoms with van der Waals surface area (Å²) in [4.78, 5) is 36.1. The third-order valence-electron chi connectivity index (χ3n) is 6.05. The number of nitrogens with one attached hydrogen (secondary N) is 2.